The van der Waals surface area contributed by atoms with Gasteiger partial charge in [-0.25, -0.2) is 0 Å². The van der Waals surface area contributed by atoms with Gasteiger partial charge in [0.05, 0.1) is 6.10 Å². The zero-order chi connectivity index (χ0) is 17.3. The molecule has 3 heteroatoms. The highest BCUT2D eigenvalue weighted by atomic mass is 28.4. The number of benzene rings is 1. The second kappa shape index (κ2) is 6.74. The molecule has 1 aromatic carbocycles. The van der Waals surface area contributed by atoms with Crippen LogP contribution in [0.15, 0.2) is 30.9 Å². The van der Waals surface area contributed by atoms with E-state index in [1.807, 2.05) is 18.2 Å². The second-order valence-electron chi connectivity index (χ2n) is 8.03. The zero-order valence-corrected chi connectivity index (χ0v) is 16.2. The van der Waals surface area contributed by atoms with Crippen LogP contribution in [-0.2, 0) is 10.8 Å². The average Bonchev–Trinajstić information content (AvgIpc) is 2.86. The molecule has 0 bridgehead atoms. The molecule has 1 aromatic rings. The molecular weight excluding hydrogens is 300 g/mol. The summed E-state index contributed by atoms with van der Waals surface area (Å²) in [6.07, 6.45) is 5.20. The quantitative estimate of drug-likeness (QED) is 0.372. The Hall–Kier alpha value is -1.19. The van der Waals surface area contributed by atoms with Crippen molar-refractivity contribution in [3.63, 3.8) is 0 Å². The minimum Gasteiger partial charge on any atom is -0.410 e. The molecule has 0 N–H and O–H groups in total. The maximum absolute atomic E-state index is 12.4. The van der Waals surface area contributed by atoms with Gasteiger partial charge in [-0.2, -0.15) is 0 Å². The van der Waals surface area contributed by atoms with Crippen molar-refractivity contribution in [2.45, 2.75) is 70.7 Å². The number of hydrogen-bond donors (Lipinski definition) is 0. The summed E-state index contributed by atoms with van der Waals surface area (Å²) in [6.45, 7) is 15.1. The zero-order valence-electron chi connectivity index (χ0n) is 15.2. The number of ketones is 1. The van der Waals surface area contributed by atoms with Crippen LogP contribution in [0.25, 0.3) is 0 Å². The standard InChI is InChI=1S/C20H30O2Si/c1-7-8-12-18(21)16-10-9-11-17-15(16)13-14-19(17)22-23(5,6)20(2,3)4/h7,9-11,19H,1,8,12-14H2,2-6H3. The molecule has 0 amide bonds. The number of carbonyl (C=O) groups is 1. The summed E-state index contributed by atoms with van der Waals surface area (Å²) in [6, 6.07) is 6.12. The van der Waals surface area contributed by atoms with Crippen molar-refractivity contribution in [1.29, 1.82) is 0 Å². The fourth-order valence-electron chi connectivity index (χ4n) is 2.90. The summed E-state index contributed by atoms with van der Waals surface area (Å²) in [5.41, 5.74) is 3.34. The Balaban J connectivity index is 2.24. The van der Waals surface area contributed by atoms with Gasteiger partial charge in [0.2, 0.25) is 0 Å². The Morgan fingerprint density at radius 3 is 2.70 bits per heavy atom. The highest BCUT2D eigenvalue weighted by Crippen LogP contribution is 2.44. The third-order valence-corrected chi connectivity index (χ3v) is 9.82. The van der Waals surface area contributed by atoms with Crippen LogP contribution in [0.4, 0.5) is 0 Å². The number of carbonyl (C=O) groups excluding carboxylic acids is 1. The van der Waals surface area contributed by atoms with E-state index in [4.69, 9.17) is 4.43 Å². The molecule has 0 saturated heterocycles. The fraction of sp³-hybridized carbons (Fsp3) is 0.550. The van der Waals surface area contributed by atoms with Crippen molar-refractivity contribution in [3.8, 4) is 0 Å². The van der Waals surface area contributed by atoms with Crippen molar-refractivity contribution in [2.24, 2.45) is 0 Å². The molecule has 2 nitrogen and oxygen atoms in total. The van der Waals surface area contributed by atoms with Crippen molar-refractivity contribution in [3.05, 3.63) is 47.5 Å². The number of Topliss-reactive ketones (excluding diaryl/α,β-unsaturated/α-hetero) is 1. The van der Waals surface area contributed by atoms with E-state index in [9.17, 15) is 4.79 Å². The van der Waals surface area contributed by atoms with Crippen LogP contribution >= 0.6 is 0 Å². The Bertz CT molecular complexity index is 596. The van der Waals surface area contributed by atoms with E-state index in [1.54, 1.807) is 0 Å². The van der Waals surface area contributed by atoms with Crippen molar-refractivity contribution < 1.29 is 9.22 Å². The molecule has 2 rings (SSSR count). The van der Waals surface area contributed by atoms with E-state index >= 15 is 0 Å². The van der Waals surface area contributed by atoms with Gasteiger partial charge in [-0.15, -0.1) is 6.58 Å². The Kier molecular flexibility index (Phi) is 5.32. The minimum absolute atomic E-state index is 0.151. The first kappa shape index (κ1) is 18.1. The molecule has 1 atom stereocenters. The summed E-state index contributed by atoms with van der Waals surface area (Å²) in [5, 5.41) is 0.202. The predicted molar refractivity (Wildman–Crippen MR) is 99.5 cm³/mol. The Morgan fingerprint density at radius 1 is 1.39 bits per heavy atom. The molecule has 0 heterocycles. The fourth-order valence-corrected chi connectivity index (χ4v) is 4.21. The first-order valence-corrected chi connectivity index (χ1v) is 11.5. The van der Waals surface area contributed by atoms with Gasteiger partial charge in [0.1, 0.15) is 0 Å². The molecule has 0 aromatic heterocycles. The van der Waals surface area contributed by atoms with Crippen molar-refractivity contribution >= 4 is 14.1 Å². The molecule has 0 fully saturated rings. The van der Waals surface area contributed by atoms with Crippen LogP contribution in [0.1, 0.15) is 67.6 Å². The summed E-state index contributed by atoms with van der Waals surface area (Å²) in [4.78, 5) is 12.4. The van der Waals surface area contributed by atoms with Crippen LogP contribution in [-0.4, -0.2) is 14.1 Å². The number of fused-ring (bicyclic) bond motifs is 1. The molecule has 0 saturated carbocycles. The first-order valence-electron chi connectivity index (χ1n) is 8.61. The lowest BCUT2D eigenvalue weighted by Crippen LogP contribution is -2.41. The van der Waals surface area contributed by atoms with Gasteiger partial charge in [-0.3, -0.25) is 4.79 Å². The summed E-state index contributed by atoms with van der Waals surface area (Å²) in [7, 11) is -1.80. The molecule has 0 spiro atoms. The predicted octanol–water partition coefficient (Wildman–Crippen LogP) is 5.84. The van der Waals surface area contributed by atoms with Crippen LogP contribution < -0.4 is 0 Å². The lowest BCUT2D eigenvalue weighted by molar-refractivity contribution is 0.0983. The molecule has 1 aliphatic rings. The van der Waals surface area contributed by atoms with E-state index in [2.05, 4.69) is 46.5 Å². The van der Waals surface area contributed by atoms with E-state index in [1.165, 1.54) is 11.1 Å². The highest BCUT2D eigenvalue weighted by molar-refractivity contribution is 6.74. The summed E-state index contributed by atoms with van der Waals surface area (Å²) >= 11 is 0. The maximum atomic E-state index is 12.4. The van der Waals surface area contributed by atoms with E-state index in [0.717, 1.165) is 24.8 Å². The first-order chi connectivity index (χ1) is 10.7. The molecule has 23 heavy (non-hydrogen) atoms. The van der Waals surface area contributed by atoms with Gasteiger partial charge in [-0.05, 0) is 48.5 Å². The SMILES string of the molecule is C=CCCC(=O)c1cccc2c1CCC2O[Si](C)(C)C(C)(C)C. The van der Waals surface area contributed by atoms with E-state index in [-0.39, 0.29) is 16.9 Å². The van der Waals surface area contributed by atoms with Gasteiger partial charge in [-0.1, -0.05) is 45.0 Å². The Morgan fingerprint density at radius 2 is 2.09 bits per heavy atom. The highest BCUT2D eigenvalue weighted by Gasteiger charge is 2.41. The second-order valence-corrected chi connectivity index (χ2v) is 12.8. The molecule has 126 valence electrons. The third-order valence-electron chi connectivity index (χ3n) is 5.33. The van der Waals surface area contributed by atoms with Gasteiger partial charge in [0.15, 0.2) is 14.1 Å². The average molecular weight is 331 g/mol. The summed E-state index contributed by atoms with van der Waals surface area (Å²) in [5.74, 6) is 0.231. The van der Waals surface area contributed by atoms with Gasteiger partial charge < -0.3 is 4.43 Å². The van der Waals surface area contributed by atoms with Gasteiger partial charge in [0, 0.05) is 12.0 Å². The Labute approximate surface area is 142 Å². The van der Waals surface area contributed by atoms with Gasteiger partial charge in [0.25, 0.3) is 0 Å². The minimum atomic E-state index is -1.80. The largest absolute Gasteiger partial charge is 0.410 e. The normalized spacial score (nSPS) is 17.9. The molecular formula is C20H30O2Si. The van der Waals surface area contributed by atoms with Crippen LogP contribution in [0.5, 0.6) is 0 Å². The molecule has 0 radical (unpaired) electrons. The van der Waals surface area contributed by atoms with Crippen LogP contribution in [0.2, 0.25) is 18.1 Å². The monoisotopic (exact) mass is 330 g/mol. The smallest absolute Gasteiger partial charge is 0.192 e. The number of allylic oxidation sites excluding steroid dienone is 1. The van der Waals surface area contributed by atoms with E-state index < -0.39 is 8.32 Å². The lowest BCUT2D eigenvalue weighted by atomic mass is 9.97. The van der Waals surface area contributed by atoms with Crippen molar-refractivity contribution in [1.82, 2.24) is 0 Å². The number of rotatable bonds is 6. The molecule has 1 aliphatic carbocycles. The van der Waals surface area contributed by atoms with Gasteiger partial charge >= 0.3 is 0 Å². The third kappa shape index (κ3) is 3.83. The lowest BCUT2D eigenvalue weighted by Gasteiger charge is -2.38. The molecule has 0 aliphatic heterocycles. The summed E-state index contributed by atoms with van der Waals surface area (Å²) < 4.78 is 6.62. The van der Waals surface area contributed by atoms with Crippen LogP contribution in [0, 0.1) is 0 Å². The topological polar surface area (TPSA) is 26.3 Å². The van der Waals surface area contributed by atoms with Crippen molar-refractivity contribution in [2.75, 3.05) is 0 Å². The number of hydrogen-bond acceptors (Lipinski definition) is 2. The van der Waals surface area contributed by atoms with Crippen LogP contribution in [0.3, 0.4) is 0 Å². The van der Waals surface area contributed by atoms with E-state index in [0.29, 0.717) is 6.42 Å². The molecule has 1 unspecified atom stereocenters. The maximum Gasteiger partial charge on any atom is 0.192 e.